The van der Waals surface area contributed by atoms with E-state index in [2.05, 4.69) is 5.32 Å². The summed E-state index contributed by atoms with van der Waals surface area (Å²) in [5.41, 5.74) is 1.90. The van der Waals surface area contributed by atoms with E-state index in [1.807, 2.05) is 31.2 Å². The first kappa shape index (κ1) is 15.6. The first-order chi connectivity index (χ1) is 10.1. The van der Waals surface area contributed by atoms with E-state index in [1.165, 1.54) is 0 Å². The molecule has 0 aliphatic heterocycles. The highest BCUT2D eigenvalue weighted by atomic mass is 16.5. The van der Waals surface area contributed by atoms with Gasteiger partial charge in [0.05, 0.1) is 13.2 Å². The molecule has 0 bridgehead atoms. The van der Waals surface area contributed by atoms with Gasteiger partial charge in [-0.05, 0) is 43.0 Å². The molecule has 1 aromatic rings. The molecule has 1 aliphatic rings. The van der Waals surface area contributed by atoms with Gasteiger partial charge in [0.15, 0.2) is 0 Å². The minimum absolute atomic E-state index is 0.109. The number of ether oxygens (including phenoxy) is 1. The number of methoxy groups -OCH3 is 1. The molecule has 1 aromatic carbocycles. The summed E-state index contributed by atoms with van der Waals surface area (Å²) in [5, 5.41) is 12.6. The summed E-state index contributed by atoms with van der Waals surface area (Å²) in [5.74, 6) is 0.886. The van der Waals surface area contributed by atoms with Gasteiger partial charge >= 0.3 is 0 Å². The molecule has 0 heterocycles. The van der Waals surface area contributed by atoms with E-state index in [0.717, 1.165) is 36.1 Å². The lowest BCUT2D eigenvalue weighted by atomic mass is 10.1. The number of amides is 1. The first-order valence-electron chi connectivity index (χ1n) is 7.39. The van der Waals surface area contributed by atoms with Gasteiger partial charge in [-0.25, -0.2) is 0 Å². The molecule has 1 amide bonds. The van der Waals surface area contributed by atoms with E-state index in [0.29, 0.717) is 6.54 Å². The second-order valence-electron chi connectivity index (χ2n) is 5.56. The van der Waals surface area contributed by atoms with Crippen molar-refractivity contribution in [3.8, 4) is 5.75 Å². The topological polar surface area (TPSA) is 58.6 Å². The Balaban J connectivity index is 1.89. The van der Waals surface area contributed by atoms with Gasteiger partial charge in [0.2, 0.25) is 5.91 Å². The van der Waals surface area contributed by atoms with Gasteiger partial charge in [-0.1, -0.05) is 18.6 Å². The Morgan fingerprint density at radius 2 is 2.10 bits per heavy atom. The van der Waals surface area contributed by atoms with Crippen LogP contribution in [0.2, 0.25) is 0 Å². The third-order valence-electron chi connectivity index (χ3n) is 4.05. The average molecular weight is 289 g/mol. The zero-order chi connectivity index (χ0) is 15.2. The Kier molecular flexibility index (Phi) is 5.39. The summed E-state index contributed by atoms with van der Waals surface area (Å²) in [7, 11) is 1.63. The average Bonchev–Trinajstić information content (AvgIpc) is 2.90. The van der Waals surface area contributed by atoms with E-state index in [1.54, 1.807) is 13.2 Å². The standard InChI is InChI=1S/C17H23NO3/c1-12(13-6-8-15(21-2)9-7-13)10-17(20)18-11-14-4-3-5-16(14)19/h6-10,14,16,19H,3-5,11H2,1-2H3,(H,18,20)/b12-10+. The molecule has 4 nitrogen and oxygen atoms in total. The van der Waals surface area contributed by atoms with Crippen LogP contribution in [0.3, 0.4) is 0 Å². The Morgan fingerprint density at radius 3 is 2.67 bits per heavy atom. The van der Waals surface area contributed by atoms with Crippen LogP contribution in [0.5, 0.6) is 5.75 Å². The van der Waals surface area contributed by atoms with Crippen molar-refractivity contribution in [3.05, 3.63) is 35.9 Å². The molecule has 2 atom stereocenters. The van der Waals surface area contributed by atoms with Gasteiger partial charge < -0.3 is 15.2 Å². The normalized spacial score (nSPS) is 22.1. The summed E-state index contributed by atoms with van der Waals surface area (Å²) in [4.78, 5) is 11.9. The molecule has 2 rings (SSSR count). The molecule has 2 N–H and O–H groups in total. The van der Waals surface area contributed by atoms with Crippen LogP contribution in [-0.2, 0) is 4.79 Å². The highest BCUT2D eigenvalue weighted by Gasteiger charge is 2.25. The smallest absolute Gasteiger partial charge is 0.244 e. The van der Waals surface area contributed by atoms with Crippen LogP contribution < -0.4 is 10.1 Å². The van der Waals surface area contributed by atoms with Crippen molar-refractivity contribution in [1.82, 2.24) is 5.32 Å². The van der Waals surface area contributed by atoms with Crippen LogP contribution in [0.15, 0.2) is 30.3 Å². The molecule has 21 heavy (non-hydrogen) atoms. The first-order valence-corrected chi connectivity index (χ1v) is 7.39. The zero-order valence-electron chi connectivity index (χ0n) is 12.6. The van der Waals surface area contributed by atoms with Crippen molar-refractivity contribution in [1.29, 1.82) is 0 Å². The highest BCUT2D eigenvalue weighted by molar-refractivity contribution is 5.94. The Hall–Kier alpha value is -1.81. The highest BCUT2D eigenvalue weighted by Crippen LogP contribution is 2.24. The van der Waals surface area contributed by atoms with Crippen molar-refractivity contribution in [2.24, 2.45) is 5.92 Å². The second-order valence-corrected chi connectivity index (χ2v) is 5.56. The maximum absolute atomic E-state index is 11.9. The van der Waals surface area contributed by atoms with Crippen molar-refractivity contribution in [3.63, 3.8) is 0 Å². The molecule has 4 heteroatoms. The van der Waals surface area contributed by atoms with E-state index < -0.39 is 0 Å². The number of aliphatic hydroxyl groups excluding tert-OH is 1. The minimum atomic E-state index is -0.267. The number of allylic oxidation sites excluding steroid dienone is 1. The molecule has 0 saturated heterocycles. The molecular formula is C17H23NO3. The van der Waals surface area contributed by atoms with Crippen LogP contribution >= 0.6 is 0 Å². The number of carbonyl (C=O) groups excluding carboxylic acids is 1. The Labute approximate surface area is 125 Å². The molecule has 2 unspecified atom stereocenters. The predicted octanol–water partition coefficient (Wildman–Crippen LogP) is 2.38. The van der Waals surface area contributed by atoms with Gasteiger partial charge in [-0.3, -0.25) is 4.79 Å². The van der Waals surface area contributed by atoms with Crippen LogP contribution in [0.4, 0.5) is 0 Å². The maximum atomic E-state index is 11.9. The lowest BCUT2D eigenvalue weighted by molar-refractivity contribution is -0.116. The third kappa shape index (κ3) is 4.33. The number of aliphatic hydroxyl groups is 1. The van der Waals surface area contributed by atoms with Crippen molar-refractivity contribution >= 4 is 11.5 Å². The van der Waals surface area contributed by atoms with Gasteiger partial charge in [0.25, 0.3) is 0 Å². The van der Waals surface area contributed by atoms with Crippen LogP contribution in [-0.4, -0.2) is 30.8 Å². The van der Waals surface area contributed by atoms with Crippen molar-refractivity contribution < 1.29 is 14.6 Å². The lowest BCUT2D eigenvalue weighted by Crippen LogP contribution is -2.31. The van der Waals surface area contributed by atoms with Crippen LogP contribution in [0.25, 0.3) is 5.57 Å². The molecular weight excluding hydrogens is 266 g/mol. The predicted molar refractivity (Wildman–Crippen MR) is 83.0 cm³/mol. The number of benzene rings is 1. The zero-order valence-corrected chi connectivity index (χ0v) is 12.6. The summed E-state index contributed by atoms with van der Waals surface area (Å²) >= 11 is 0. The summed E-state index contributed by atoms with van der Waals surface area (Å²) in [6.07, 6.45) is 4.21. The monoisotopic (exact) mass is 289 g/mol. The number of rotatable bonds is 5. The summed E-state index contributed by atoms with van der Waals surface area (Å²) in [6, 6.07) is 7.61. The largest absolute Gasteiger partial charge is 0.497 e. The van der Waals surface area contributed by atoms with Crippen LogP contribution in [0.1, 0.15) is 31.7 Å². The van der Waals surface area contributed by atoms with Gasteiger partial charge in [-0.15, -0.1) is 0 Å². The number of nitrogens with one attached hydrogen (secondary N) is 1. The fourth-order valence-corrected chi connectivity index (χ4v) is 2.67. The summed E-state index contributed by atoms with van der Waals surface area (Å²) in [6.45, 7) is 2.46. The number of carbonyl (C=O) groups is 1. The quantitative estimate of drug-likeness (QED) is 0.818. The van der Waals surface area contributed by atoms with E-state index in [9.17, 15) is 9.90 Å². The van der Waals surface area contributed by atoms with E-state index in [4.69, 9.17) is 4.74 Å². The van der Waals surface area contributed by atoms with Crippen LogP contribution in [0, 0.1) is 5.92 Å². The van der Waals surface area contributed by atoms with Gasteiger partial charge in [0, 0.05) is 18.5 Å². The molecule has 0 aromatic heterocycles. The SMILES string of the molecule is COc1ccc(/C(C)=C/C(=O)NCC2CCCC2O)cc1. The number of hydrogen-bond donors (Lipinski definition) is 2. The fraction of sp³-hybridized carbons (Fsp3) is 0.471. The third-order valence-corrected chi connectivity index (χ3v) is 4.05. The molecule has 0 radical (unpaired) electrons. The Bertz CT molecular complexity index is 507. The Morgan fingerprint density at radius 1 is 1.38 bits per heavy atom. The second kappa shape index (κ2) is 7.27. The summed E-state index contributed by atoms with van der Waals surface area (Å²) < 4.78 is 5.11. The van der Waals surface area contributed by atoms with Crippen molar-refractivity contribution in [2.45, 2.75) is 32.3 Å². The molecule has 0 spiro atoms. The number of hydrogen-bond acceptors (Lipinski definition) is 3. The molecule has 1 aliphatic carbocycles. The molecule has 1 fully saturated rings. The van der Waals surface area contributed by atoms with Crippen molar-refractivity contribution in [2.75, 3.05) is 13.7 Å². The fourth-order valence-electron chi connectivity index (χ4n) is 2.67. The van der Waals surface area contributed by atoms with Gasteiger partial charge in [-0.2, -0.15) is 0 Å². The van der Waals surface area contributed by atoms with Gasteiger partial charge in [0.1, 0.15) is 5.75 Å². The molecule has 1 saturated carbocycles. The minimum Gasteiger partial charge on any atom is -0.497 e. The molecule has 114 valence electrons. The maximum Gasteiger partial charge on any atom is 0.244 e. The van der Waals surface area contributed by atoms with E-state index >= 15 is 0 Å². The van der Waals surface area contributed by atoms with E-state index in [-0.39, 0.29) is 17.9 Å². The lowest BCUT2D eigenvalue weighted by Gasteiger charge is -2.14.